The van der Waals surface area contributed by atoms with Gasteiger partial charge in [-0.2, -0.15) is 0 Å². The van der Waals surface area contributed by atoms with E-state index < -0.39 is 17.8 Å². The van der Waals surface area contributed by atoms with Gasteiger partial charge < -0.3 is 19.5 Å². The zero-order valence-electron chi connectivity index (χ0n) is 21.4. The lowest BCUT2D eigenvalue weighted by Gasteiger charge is -2.35. The molecule has 0 aliphatic carbocycles. The predicted molar refractivity (Wildman–Crippen MR) is 143 cm³/mol. The van der Waals surface area contributed by atoms with Crippen LogP contribution in [0.15, 0.2) is 66.7 Å². The van der Waals surface area contributed by atoms with Crippen LogP contribution in [0.3, 0.4) is 0 Å². The summed E-state index contributed by atoms with van der Waals surface area (Å²) in [5.41, 5.74) is 1.72. The Morgan fingerprint density at radius 3 is 2.51 bits per heavy atom. The molecule has 1 atom stereocenters. The van der Waals surface area contributed by atoms with E-state index in [1.807, 2.05) is 82.3 Å². The molecular formula is C29H31ClN2O5. The Morgan fingerprint density at radius 1 is 1.05 bits per heavy atom. The molecule has 1 aliphatic rings. The monoisotopic (exact) mass is 522 g/mol. The number of hydrogen-bond acceptors (Lipinski definition) is 5. The summed E-state index contributed by atoms with van der Waals surface area (Å²) in [5.74, 6) is 1.49. The Morgan fingerprint density at radius 2 is 1.78 bits per heavy atom. The van der Waals surface area contributed by atoms with Crippen molar-refractivity contribution < 1.29 is 23.8 Å². The van der Waals surface area contributed by atoms with E-state index in [1.54, 1.807) is 17.0 Å². The Labute approximate surface area is 222 Å². The van der Waals surface area contributed by atoms with Crippen molar-refractivity contribution >= 4 is 29.3 Å². The molecule has 1 aliphatic heterocycles. The number of halogens is 1. The minimum Gasteiger partial charge on any atom is -0.478 e. The van der Waals surface area contributed by atoms with E-state index in [9.17, 15) is 9.59 Å². The summed E-state index contributed by atoms with van der Waals surface area (Å²) in [6.07, 6.45) is -0.528. The molecule has 0 fully saturated rings. The number of para-hydroxylation sites is 1. The molecule has 3 aromatic carbocycles. The molecule has 0 spiro atoms. The number of amides is 2. The number of nitrogens with zero attached hydrogens (tertiary/aromatic N) is 1. The molecule has 1 unspecified atom stereocenters. The molecule has 0 saturated heterocycles. The lowest BCUT2D eigenvalue weighted by Crippen LogP contribution is -2.45. The first-order valence-electron chi connectivity index (χ1n) is 12.2. The van der Waals surface area contributed by atoms with E-state index in [0.717, 1.165) is 11.1 Å². The molecule has 1 heterocycles. The number of ether oxygens (including phenoxy) is 3. The largest absolute Gasteiger partial charge is 0.478 e. The van der Waals surface area contributed by atoms with Gasteiger partial charge in [0.15, 0.2) is 11.9 Å². The van der Waals surface area contributed by atoms with Gasteiger partial charge in [0, 0.05) is 11.6 Å². The molecule has 7 nitrogen and oxygen atoms in total. The highest BCUT2D eigenvalue weighted by molar-refractivity contribution is 6.30. The highest BCUT2D eigenvalue weighted by Crippen LogP contribution is 2.44. The van der Waals surface area contributed by atoms with Gasteiger partial charge in [0.1, 0.15) is 22.8 Å². The molecule has 0 bridgehead atoms. The third-order valence-electron chi connectivity index (χ3n) is 5.61. The third-order valence-corrected chi connectivity index (χ3v) is 5.84. The first-order valence-corrected chi connectivity index (χ1v) is 12.6. The Balaban J connectivity index is 1.59. The average molecular weight is 523 g/mol. The van der Waals surface area contributed by atoms with Gasteiger partial charge in [-0.25, -0.2) is 4.79 Å². The van der Waals surface area contributed by atoms with E-state index in [4.69, 9.17) is 25.8 Å². The van der Waals surface area contributed by atoms with Gasteiger partial charge >= 0.3 is 6.09 Å². The summed E-state index contributed by atoms with van der Waals surface area (Å²) in [6.45, 7) is 7.96. The van der Waals surface area contributed by atoms with E-state index in [1.165, 1.54) is 0 Å². The van der Waals surface area contributed by atoms with Crippen LogP contribution in [-0.2, 0) is 22.6 Å². The molecule has 4 rings (SSSR count). The number of carbonyl (C=O) groups excluding carboxylic acids is 2. The van der Waals surface area contributed by atoms with Gasteiger partial charge in [-0.3, -0.25) is 9.69 Å². The molecule has 0 radical (unpaired) electrons. The first-order chi connectivity index (χ1) is 17.6. The van der Waals surface area contributed by atoms with Crippen LogP contribution < -0.4 is 19.7 Å². The Bertz CT molecular complexity index is 1290. The SMILES string of the molecule is CCC1Oc2cccc(Oc3cccc(CNC(=O)OC(C)(C)C)c3)c2N(Cc2cccc(Cl)c2)C1=O. The molecule has 8 heteroatoms. The number of carbonyl (C=O) groups is 2. The van der Waals surface area contributed by atoms with Gasteiger partial charge in [0.25, 0.3) is 5.91 Å². The van der Waals surface area contributed by atoms with Crippen molar-refractivity contribution in [2.45, 2.75) is 58.9 Å². The van der Waals surface area contributed by atoms with Crippen LogP contribution in [0.1, 0.15) is 45.2 Å². The maximum absolute atomic E-state index is 13.4. The minimum atomic E-state index is -0.579. The summed E-state index contributed by atoms with van der Waals surface area (Å²) in [7, 11) is 0. The fourth-order valence-electron chi connectivity index (χ4n) is 4.00. The van der Waals surface area contributed by atoms with Gasteiger partial charge in [-0.15, -0.1) is 0 Å². The van der Waals surface area contributed by atoms with Crippen LogP contribution in [-0.4, -0.2) is 23.7 Å². The lowest BCUT2D eigenvalue weighted by atomic mass is 10.1. The van der Waals surface area contributed by atoms with Gasteiger partial charge in [-0.1, -0.05) is 48.9 Å². The Kier molecular flexibility index (Phi) is 7.93. The van der Waals surface area contributed by atoms with Crippen LogP contribution in [0.25, 0.3) is 0 Å². The second-order valence-electron chi connectivity index (χ2n) is 9.78. The zero-order chi connectivity index (χ0) is 26.6. The molecule has 0 saturated carbocycles. The van der Waals surface area contributed by atoms with Crippen molar-refractivity contribution in [2.24, 2.45) is 0 Å². The fraction of sp³-hybridized carbons (Fsp3) is 0.310. The maximum atomic E-state index is 13.4. The van der Waals surface area contributed by atoms with Crippen molar-refractivity contribution in [3.8, 4) is 17.2 Å². The quantitative estimate of drug-likeness (QED) is 0.366. The van der Waals surface area contributed by atoms with Gasteiger partial charge in [-0.05, 0) is 74.7 Å². The summed E-state index contributed by atoms with van der Waals surface area (Å²) < 4.78 is 17.6. The second-order valence-corrected chi connectivity index (χ2v) is 10.2. The van der Waals surface area contributed by atoms with Crippen LogP contribution in [0.5, 0.6) is 17.2 Å². The van der Waals surface area contributed by atoms with Crippen molar-refractivity contribution in [2.75, 3.05) is 4.90 Å². The summed E-state index contributed by atoms with van der Waals surface area (Å²) in [5, 5.41) is 3.36. The minimum absolute atomic E-state index is 0.138. The molecule has 37 heavy (non-hydrogen) atoms. The second kappa shape index (κ2) is 11.1. The van der Waals surface area contributed by atoms with E-state index >= 15 is 0 Å². The third kappa shape index (κ3) is 6.74. The van der Waals surface area contributed by atoms with Gasteiger partial charge in [0.2, 0.25) is 0 Å². The van der Waals surface area contributed by atoms with Crippen LogP contribution >= 0.6 is 11.6 Å². The summed E-state index contributed by atoms with van der Waals surface area (Å²) in [6, 6.07) is 20.3. The lowest BCUT2D eigenvalue weighted by molar-refractivity contribution is -0.126. The number of benzene rings is 3. The van der Waals surface area contributed by atoms with E-state index in [0.29, 0.717) is 40.9 Å². The fourth-order valence-corrected chi connectivity index (χ4v) is 4.21. The highest BCUT2D eigenvalue weighted by atomic mass is 35.5. The topological polar surface area (TPSA) is 77.1 Å². The molecular weight excluding hydrogens is 492 g/mol. The number of hydrogen-bond donors (Lipinski definition) is 1. The Hall–Kier alpha value is -3.71. The van der Waals surface area contributed by atoms with Crippen molar-refractivity contribution in [3.05, 3.63) is 82.9 Å². The number of anilines is 1. The van der Waals surface area contributed by atoms with E-state index in [2.05, 4.69) is 5.32 Å². The molecule has 1 N–H and O–H groups in total. The average Bonchev–Trinajstić information content (AvgIpc) is 2.84. The smallest absolute Gasteiger partial charge is 0.407 e. The van der Waals surface area contributed by atoms with Crippen LogP contribution in [0.4, 0.5) is 10.5 Å². The number of rotatable bonds is 7. The van der Waals surface area contributed by atoms with Crippen molar-refractivity contribution in [1.29, 1.82) is 0 Å². The molecule has 194 valence electrons. The molecule has 3 aromatic rings. The highest BCUT2D eigenvalue weighted by Gasteiger charge is 2.35. The zero-order valence-corrected chi connectivity index (χ0v) is 22.2. The molecule has 0 aromatic heterocycles. The number of fused-ring (bicyclic) bond motifs is 1. The summed E-state index contributed by atoms with van der Waals surface area (Å²) in [4.78, 5) is 27.1. The van der Waals surface area contributed by atoms with Crippen molar-refractivity contribution in [3.63, 3.8) is 0 Å². The standard InChI is InChI=1S/C29H31ClN2O5/c1-5-23-27(33)32(18-20-10-6-11-21(30)15-20)26-24(13-8-14-25(26)36-23)35-22-12-7-9-19(16-22)17-31-28(34)37-29(2,3)4/h6-16,23H,5,17-18H2,1-4H3,(H,31,34). The number of nitrogens with one attached hydrogen (secondary N) is 1. The first kappa shape index (κ1) is 26.4. The predicted octanol–water partition coefficient (Wildman–Crippen LogP) is 6.86. The normalized spacial score (nSPS) is 15.0. The molecule has 2 amide bonds. The van der Waals surface area contributed by atoms with E-state index in [-0.39, 0.29) is 12.5 Å². The van der Waals surface area contributed by atoms with Gasteiger partial charge in [0.05, 0.1) is 6.54 Å². The summed E-state index contributed by atoms with van der Waals surface area (Å²) >= 11 is 6.20. The maximum Gasteiger partial charge on any atom is 0.407 e. The van der Waals surface area contributed by atoms with Crippen LogP contribution in [0, 0.1) is 0 Å². The van der Waals surface area contributed by atoms with Crippen LogP contribution in [0.2, 0.25) is 5.02 Å². The van der Waals surface area contributed by atoms with Crippen molar-refractivity contribution in [1.82, 2.24) is 5.32 Å². The number of alkyl carbamates (subject to hydrolysis) is 1.